The molecular weight excluding hydrogens is 394 g/mol. The summed E-state index contributed by atoms with van der Waals surface area (Å²) in [6.45, 7) is 0.848. The molecule has 2 aromatic heterocycles. The molecule has 4 aromatic rings. The number of ether oxygens (including phenoxy) is 1. The summed E-state index contributed by atoms with van der Waals surface area (Å²) in [6.07, 6.45) is 1.63. The molecule has 0 fully saturated rings. The molecule has 162 valence electrons. The average Bonchev–Trinajstić information content (AvgIpc) is 3.22. The quantitative estimate of drug-likeness (QED) is 0.410. The van der Waals surface area contributed by atoms with E-state index >= 15 is 0 Å². The van der Waals surface area contributed by atoms with Crippen LogP contribution in [0.2, 0.25) is 0 Å². The third-order valence-corrected chi connectivity index (χ3v) is 4.02. The van der Waals surface area contributed by atoms with Crippen LogP contribution >= 0.6 is 0 Å². The fourth-order valence-electron chi connectivity index (χ4n) is 2.79. The summed E-state index contributed by atoms with van der Waals surface area (Å²) < 4.78 is 4.25. The SMILES string of the molecule is CNCc1nc(NCC=O)c2ccccc2n1.COC.O=Cc1cc2ccccc2[nH]1. The molecule has 0 aliphatic rings. The summed E-state index contributed by atoms with van der Waals surface area (Å²) in [6, 6.07) is 17.4. The highest BCUT2D eigenvalue weighted by Gasteiger charge is 2.06. The van der Waals surface area contributed by atoms with Gasteiger partial charge in [0.05, 0.1) is 24.3 Å². The Labute approximate surface area is 181 Å². The van der Waals surface area contributed by atoms with E-state index in [1.807, 2.05) is 61.6 Å². The second-order valence-corrected chi connectivity index (χ2v) is 6.42. The van der Waals surface area contributed by atoms with Gasteiger partial charge in [-0.1, -0.05) is 30.3 Å². The van der Waals surface area contributed by atoms with Crippen LogP contribution in [0, 0.1) is 0 Å². The lowest BCUT2D eigenvalue weighted by Crippen LogP contribution is -2.12. The molecular formula is C23H27N5O3. The number of hydrogen-bond donors (Lipinski definition) is 3. The van der Waals surface area contributed by atoms with Crippen molar-refractivity contribution in [3.8, 4) is 0 Å². The third-order valence-electron chi connectivity index (χ3n) is 4.02. The lowest BCUT2D eigenvalue weighted by molar-refractivity contribution is -0.106. The van der Waals surface area contributed by atoms with Gasteiger partial charge in [0, 0.05) is 30.5 Å². The number of carbonyl (C=O) groups is 2. The summed E-state index contributed by atoms with van der Waals surface area (Å²) in [5.41, 5.74) is 2.52. The van der Waals surface area contributed by atoms with Crippen molar-refractivity contribution in [3.63, 3.8) is 0 Å². The van der Waals surface area contributed by atoms with Crippen LogP contribution in [0.5, 0.6) is 0 Å². The first-order chi connectivity index (χ1) is 15.2. The van der Waals surface area contributed by atoms with Gasteiger partial charge in [-0.15, -0.1) is 0 Å². The number of anilines is 1. The number of para-hydroxylation sites is 2. The van der Waals surface area contributed by atoms with Gasteiger partial charge in [0.2, 0.25) is 0 Å². The normalized spacial score (nSPS) is 9.90. The molecule has 0 radical (unpaired) electrons. The number of aromatic amines is 1. The van der Waals surface area contributed by atoms with E-state index in [0.717, 1.165) is 34.4 Å². The number of H-pyrrole nitrogens is 1. The van der Waals surface area contributed by atoms with E-state index in [2.05, 4.69) is 30.3 Å². The van der Waals surface area contributed by atoms with Crippen molar-refractivity contribution >= 4 is 40.2 Å². The van der Waals surface area contributed by atoms with Crippen LogP contribution in [0.3, 0.4) is 0 Å². The molecule has 3 N–H and O–H groups in total. The van der Waals surface area contributed by atoms with Gasteiger partial charge in [-0.25, -0.2) is 9.97 Å². The number of aromatic nitrogens is 3. The molecule has 0 bridgehead atoms. The third kappa shape index (κ3) is 6.98. The Morgan fingerprint density at radius 3 is 2.42 bits per heavy atom. The van der Waals surface area contributed by atoms with Crippen molar-refractivity contribution < 1.29 is 14.3 Å². The van der Waals surface area contributed by atoms with Gasteiger partial charge in [-0.3, -0.25) is 4.79 Å². The number of fused-ring (bicyclic) bond motifs is 2. The Morgan fingerprint density at radius 1 is 1.03 bits per heavy atom. The Kier molecular flexibility index (Phi) is 9.80. The molecule has 0 saturated heterocycles. The molecule has 0 atom stereocenters. The monoisotopic (exact) mass is 421 g/mol. The fraction of sp³-hybridized carbons (Fsp3) is 0.217. The summed E-state index contributed by atoms with van der Waals surface area (Å²) in [5.74, 6) is 1.41. The van der Waals surface area contributed by atoms with Crippen molar-refractivity contribution in [1.29, 1.82) is 0 Å². The van der Waals surface area contributed by atoms with E-state index in [1.165, 1.54) is 0 Å². The molecule has 0 saturated carbocycles. The average molecular weight is 422 g/mol. The van der Waals surface area contributed by atoms with E-state index in [-0.39, 0.29) is 6.54 Å². The molecule has 0 aliphatic heterocycles. The van der Waals surface area contributed by atoms with Crippen LogP contribution < -0.4 is 10.6 Å². The highest BCUT2D eigenvalue weighted by molar-refractivity contribution is 5.89. The molecule has 0 spiro atoms. The van der Waals surface area contributed by atoms with Crippen molar-refractivity contribution in [2.24, 2.45) is 0 Å². The molecule has 8 nitrogen and oxygen atoms in total. The summed E-state index contributed by atoms with van der Waals surface area (Å²) in [7, 11) is 5.09. The first kappa shape index (κ1) is 23.7. The number of nitrogens with one attached hydrogen (secondary N) is 3. The standard InChI is InChI=1S/C12H14N4O.C9H7NO.C2H6O/c1-13-8-11-15-10-5-3-2-4-9(10)12(16-11)14-6-7-17;11-6-8-5-7-3-1-2-4-9(7)10-8;1-3-2/h2-5,7,13H,6,8H2,1H3,(H,14,15,16);1-6,10H;1-2H3. The predicted octanol–water partition coefficient (Wildman–Crippen LogP) is 3.20. The van der Waals surface area contributed by atoms with Crippen LogP contribution in [0.4, 0.5) is 5.82 Å². The van der Waals surface area contributed by atoms with E-state index in [4.69, 9.17) is 0 Å². The highest BCUT2D eigenvalue weighted by atomic mass is 16.4. The summed E-state index contributed by atoms with van der Waals surface area (Å²) in [4.78, 5) is 32.5. The number of carbonyl (C=O) groups excluding carboxylic acids is 2. The van der Waals surface area contributed by atoms with Crippen LogP contribution in [-0.4, -0.2) is 55.3 Å². The maximum absolute atomic E-state index is 10.4. The lowest BCUT2D eigenvalue weighted by Gasteiger charge is -2.08. The van der Waals surface area contributed by atoms with Crippen molar-refractivity contribution in [1.82, 2.24) is 20.3 Å². The summed E-state index contributed by atoms with van der Waals surface area (Å²) in [5, 5.41) is 8.00. The smallest absolute Gasteiger partial charge is 0.166 e. The van der Waals surface area contributed by atoms with E-state index < -0.39 is 0 Å². The van der Waals surface area contributed by atoms with Gasteiger partial charge in [0.1, 0.15) is 17.9 Å². The maximum atomic E-state index is 10.4. The maximum Gasteiger partial charge on any atom is 0.166 e. The Morgan fingerprint density at radius 2 is 1.74 bits per heavy atom. The van der Waals surface area contributed by atoms with E-state index in [9.17, 15) is 9.59 Å². The van der Waals surface area contributed by atoms with Gasteiger partial charge >= 0.3 is 0 Å². The number of rotatable bonds is 6. The van der Waals surface area contributed by atoms with Gasteiger partial charge in [0.25, 0.3) is 0 Å². The minimum atomic E-state index is 0.250. The minimum absolute atomic E-state index is 0.250. The molecule has 4 rings (SSSR count). The predicted molar refractivity (Wildman–Crippen MR) is 123 cm³/mol. The number of benzene rings is 2. The number of hydrogen-bond acceptors (Lipinski definition) is 7. The zero-order chi connectivity index (χ0) is 22.5. The van der Waals surface area contributed by atoms with Crippen LogP contribution in [-0.2, 0) is 16.1 Å². The Hall–Kier alpha value is -3.62. The first-order valence-electron chi connectivity index (χ1n) is 9.67. The highest BCUT2D eigenvalue weighted by Crippen LogP contribution is 2.19. The van der Waals surface area contributed by atoms with Crippen molar-refractivity contribution in [3.05, 3.63) is 66.1 Å². The van der Waals surface area contributed by atoms with Crippen molar-refractivity contribution in [2.45, 2.75) is 6.54 Å². The van der Waals surface area contributed by atoms with Crippen LogP contribution in [0.15, 0.2) is 54.6 Å². The largest absolute Gasteiger partial charge is 0.388 e. The number of methoxy groups -OCH3 is 1. The zero-order valence-electron chi connectivity index (χ0n) is 17.9. The number of nitrogens with zero attached hydrogens (tertiary/aromatic N) is 2. The Balaban J connectivity index is 0.000000209. The van der Waals surface area contributed by atoms with Crippen molar-refractivity contribution in [2.75, 3.05) is 33.1 Å². The van der Waals surface area contributed by atoms with Crippen LogP contribution in [0.1, 0.15) is 16.3 Å². The van der Waals surface area contributed by atoms with Gasteiger partial charge in [-0.05, 0) is 31.3 Å². The molecule has 2 aromatic carbocycles. The second-order valence-electron chi connectivity index (χ2n) is 6.42. The second kappa shape index (κ2) is 12.8. The number of aldehydes is 2. The molecule has 0 aliphatic carbocycles. The lowest BCUT2D eigenvalue weighted by atomic mass is 10.2. The van der Waals surface area contributed by atoms with Crippen LogP contribution in [0.25, 0.3) is 21.8 Å². The van der Waals surface area contributed by atoms with Gasteiger partial charge in [-0.2, -0.15) is 0 Å². The molecule has 31 heavy (non-hydrogen) atoms. The Bertz CT molecular complexity index is 1080. The van der Waals surface area contributed by atoms with E-state index in [1.54, 1.807) is 14.2 Å². The molecule has 8 heteroatoms. The molecule has 2 heterocycles. The fourth-order valence-corrected chi connectivity index (χ4v) is 2.79. The van der Waals surface area contributed by atoms with Gasteiger partial charge in [0.15, 0.2) is 6.29 Å². The topological polar surface area (TPSA) is 109 Å². The van der Waals surface area contributed by atoms with Gasteiger partial charge < -0.3 is 25.1 Å². The van der Waals surface area contributed by atoms with E-state index in [0.29, 0.717) is 23.9 Å². The first-order valence-corrected chi connectivity index (χ1v) is 9.67. The molecule has 0 amide bonds. The molecule has 0 unspecified atom stereocenters. The minimum Gasteiger partial charge on any atom is -0.388 e. The summed E-state index contributed by atoms with van der Waals surface area (Å²) >= 11 is 0. The zero-order valence-corrected chi connectivity index (χ0v) is 17.9.